The monoisotopic (exact) mass is 362 g/mol. The van der Waals surface area contributed by atoms with E-state index in [0.29, 0.717) is 18.4 Å². The molecule has 4 nitrogen and oxygen atoms in total. The minimum atomic E-state index is -0.287. The van der Waals surface area contributed by atoms with Crippen LogP contribution in [0.25, 0.3) is 0 Å². The van der Waals surface area contributed by atoms with E-state index in [1.54, 1.807) is 0 Å². The third-order valence-corrected chi connectivity index (χ3v) is 7.51. The predicted octanol–water partition coefficient (Wildman–Crippen LogP) is 4.50. The Bertz CT molecular complexity index is 500. The first-order chi connectivity index (χ1) is 12.7. The van der Waals surface area contributed by atoms with Crippen LogP contribution in [0.3, 0.4) is 0 Å². The molecule has 5 saturated carbocycles. The molecule has 0 aromatic rings. The highest BCUT2D eigenvalue weighted by molar-refractivity contribution is 5.82. The zero-order valence-corrected chi connectivity index (χ0v) is 16.2. The van der Waals surface area contributed by atoms with E-state index in [1.807, 2.05) is 0 Å². The summed E-state index contributed by atoms with van der Waals surface area (Å²) in [6.45, 7) is 2.56. The number of unbranched alkanes of at least 4 members (excludes halogenated alkanes) is 1. The number of esters is 2. The summed E-state index contributed by atoms with van der Waals surface area (Å²) in [5, 5.41) is 0. The van der Waals surface area contributed by atoms with Crippen molar-refractivity contribution in [3.8, 4) is 0 Å². The van der Waals surface area contributed by atoms with Crippen molar-refractivity contribution in [3.05, 3.63) is 0 Å². The lowest BCUT2D eigenvalue weighted by atomic mass is 9.55. The summed E-state index contributed by atoms with van der Waals surface area (Å²) >= 11 is 0. The van der Waals surface area contributed by atoms with Gasteiger partial charge in [-0.3, -0.25) is 9.59 Å². The molecule has 4 bridgehead atoms. The van der Waals surface area contributed by atoms with E-state index in [0.717, 1.165) is 50.4 Å². The van der Waals surface area contributed by atoms with Gasteiger partial charge in [0.05, 0.1) is 18.4 Å². The third-order valence-electron chi connectivity index (χ3n) is 7.51. The van der Waals surface area contributed by atoms with Crippen LogP contribution in [0.1, 0.15) is 77.6 Å². The van der Waals surface area contributed by atoms with Gasteiger partial charge in [0.1, 0.15) is 6.10 Å². The Morgan fingerprint density at radius 3 is 2.00 bits per heavy atom. The maximum Gasteiger partial charge on any atom is 0.310 e. The Hall–Kier alpha value is -1.06. The number of carbonyl (C=O) groups excluding carboxylic acids is 2. The first-order valence-electron chi connectivity index (χ1n) is 11.0. The summed E-state index contributed by atoms with van der Waals surface area (Å²) in [6, 6.07) is 0. The molecule has 4 heteroatoms. The van der Waals surface area contributed by atoms with Gasteiger partial charge >= 0.3 is 11.9 Å². The quantitative estimate of drug-likeness (QED) is 0.515. The molecule has 5 aliphatic rings. The van der Waals surface area contributed by atoms with Crippen LogP contribution < -0.4 is 0 Å². The largest absolute Gasteiger partial charge is 0.465 e. The molecule has 0 heterocycles. The molecule has 0 spiro atoms. The molecule has 0 saturated heterocycles. The Labute approximate surface area is 157 Å². The van der Waals surface area contributed by atoms with E-state index in [4.69, 9.17) is 9.47 Å². The second kappa shape index (κ2) is 7.90. The molecular weight excluding hydrogens is 328 g/mol. The number of rotatable bonds is 6. The van der Waals surface area contributed by atoms with E-state index in [-0.39, 0.29) is 29.9 Å². The average molecular weight is 363 g/mol. The van der Waals surface area contributed by atoms with Crippen molar-refractivity contribution in [2.75, 3.05) is 6.61 Å². The fourth-order valence-corrected chi connectivity index (χ4v) is 6.41. The highest BCUT2D eigenvalue weighted by Gasteiger charge is 2.50. The minimum Gasteiger partial charge on any atom is -0.465 e. The van der Waals surface area contributed by atoms with Crippen molar-refractivity contribution in [3.63, 3.8) is 0 Å². The molecule has 0 N–H and O–H groups in total. The lowest BCUT2D eigenvalue weighted by Gasteiger charge is -2.53. The van der Waals surface area contributed by atoms with Gasteiger partial charge in [0, 0.05) is 0 Å². The average Bonchev–Trinajstić information content (AvgIpc) is 2.64. The van der Waals surface area contributed by atoms with Crippen molar-refractivity contribution in [1.29, 1.82) is 0 Å². The molecule has 146 valence electrons. The molecule has 0 aromatic carbocycles. The zero-order valence-electron chi connectivity index (χ0n) is 16.2. The smallest absolute Gasteiger partial charge is 0.310 e. The third kappa shape index (κ3) is 3.66. The summed E-state index contributed by atoms with van der Waals surface area (Å²) in [4.78, 5) is 25.5. The molecule has 5 rings (SSSR count). The lowest BCUT2D eigenvalue weighted by molar-refractivity contribution is -0.181. The van der Waals surface area contributed by atoms with E-state index < -0.39 is 0 Å². The zero-order chi connectivity index (χ0) is 18.1. The molecule has 26 heavy (non-hydrogen) atoms. The molecule has 0 radical (unpaired) electrons. The van der Waals surface area contributed by atoms with Crippen LogP contribution >= 0.6 is 0 Å². The fourth-order valence-electron chi connectivity index (χ4n) is 6.41. The Kier molecular flexibility index (Phi) is 5.56. The van der Waals surface area contributed by atoms with Crippen LogP contribution in [0.5, 0.6) is 0 Å². The van der Waals surface area contributed by atoms with Gasteiger partial charge in [-0.15, -0.1) is 0 Å². The SMILES string of the molecule is CCCCOC(=O)C1CCCCC1C(=O)OC1C2CC3CC(C2)CC1C3. The number of hydrogen-bond donors (Lipinski definition) is 0. The Balaban J connectivity index is 1.37. The second-order valence-corrected chi connectivity index (χ2v) is 9.35. The number of ether oxygens (including phenoxy) is 2. The van der Waals surface area contributed by atoms with Gasteiger partial charge in [0.15, 0.2) is 0 Å². The highest BCUT2D eigenvalue weighted by atomic mass is 16.5. The number of carbonyl (C=O) groups is 2. The van der Waals surface area contributed by atoms with Gasteiger partial charge in [-0.1, -0.05) is 26.2 Å². The normalized spacial score (nSPS) is 41.0. The summed E-state index contributed by atoms with van der Waals surface area (Å²) < 4.78 is 11.6. The van der Waals surface area contributed by atoms with Gasteiger partial charge in [0.2, 0.25) is 0 Å². The van der Waals surface area contributed by atoms with Crippen LogP contribution in [0.2, 0.25) is 0 Å². The molecule has 2 atom stereocenters. The molecule has 0 aromatic heterocycles. The molecule has 5 fully saturated rings. The standard InChI is InChI=1S/C22H34O4/c1-2-3-8-25-21(23)18-6-4-5-7-19(18)22(24)26-20-16-10-14-9-15(12-16)13-17(20)11-14/h14-20H,2-13H2,1H3. The fraction of sp³-hybridized carbons (Fsp3) is 0.909. The molecule has 0 amide bonds. The summed E-state index contributed by atoms with van der Waals surface area (Å²) in [5.41, 5.74) is 0. The second-order valence-electron chi connectivity index (χ2n) is 9.35. The summed E-state index contributed by atoms with van der Waals surface area (Å²) in [5.74, 6) is 2.05. The van der Waals surface area contributed by atoms with Crippen LogP contribution in [-0.2, 0) is 19.1 Å². The van der Waals surface area contributed by atoms with Gasteiger partial charge in [-0.2, -0.15) is 0 Å². The number of hydrogen-bond acceptors (Lipinski definition) is 4. The lowest BCUT2D eigenvalue weighted by Crippen LogP contribution is -2.51. The van der Waals surface area contributed by atoms with Crippen LogP contribution in [0.4, 0.5) is 0 Å². The van der Waals surface area contributed by atoms with Crippen LogP contribution in [0.15, 0.2) is 0 Å². The van der Waals surface area contributed by atoms with Crippen molar-refractivity contribution in [2.45, 2.75) is 83.7 Å². The van der Waals surface area contributed by atoms with Gasteiger partial charge in [0.25, 0.3) is 0 Å². The summed E-state index contributed by atoms with van der Waals surface area (Å²) in [7, 11) is 0. The molecule has 2 unspecified atom stereocenters. The summed E-state index contributed by atoms with van der Waals surface area (Å²) in [6.07, 6.45) is 12.0. The van der Waals surface area contributed by atoms with Gasteiger partial charge in [-0.05, 0) is 75.0 Å². The maximum absolute atomic E-state index is 13.0. The first-order valence-corrected chi connectivity index (χ1v) is 11.0. The Morgan fingerprint density at radius 1 is 0.846 bits per heavy atom. The Morgan fingerprint density at radius 2 is 1.42 bits per heavy atom. The molecule has 5 aliphatic carbocycles. The van der Waals surface area contributed by atoms with Crippen molar-refractivity contribution < 1.29 is 19.1 Å². The predicted molar refractivity (Wildman–Crippen MR) is 98.2 cm³/mol. The van der Waals surface area contributed by atoms with Crippen molar-refractivity contribution >= 4 is 11.9 Å². The minimum absolute atomic E-state index is 0.111. The molecule has 0 aliphatic heterocycles. The van der Waals surface area contributed by atoms with E-state index in [1.165, 1.54) is 32.1 Å². The maximum atomic E-state index is 13.0. The highest BCUT2D eigenvalue weighted by Crippen LogP contribution is 2.55. The topological polar surface area (TPSA) is 52.6 Å². The van der Waals surface area contributed by atoms with Crippen molar-refractivity contribution in [1.82, 2.24) is 0 Å². The van der Waals surface area contributed by atoms with Crippen molar-refractivity contribution in [2.24, 2.45) is 35.5 Å². The van der Waals surface area contributed by atoms with Gasteiger partial charge in [-0.25, -0.2) is 0 Å². The van der Waals surface area contributed by atoms with Crippen LogP contribution in [-0.4, -0.2) is 24.6 Å². The molecular formula is C22H34O4. The van der Waals surface area contributed by atoms with E-state index in [9.17, 15) is 9.59 Å². The van der Waals surface area contributed by atoms with Crippen LogP contribution in [0, 0.1) is 35.5 Å². The van der Waals surface area contributed by atoms with E-state index >= 15 is 0 Å². The van der Waals surface area contributed by atoms with Gasteiger partial charge < -0.3 is 9.47 Å². The first kappa shape index (κ1) is 18.3. The van der Waals surface area contributed by atoms with E-state index in [2.05, 4.69) is 6.92 Å².